The summed E-state index contributed by atoms with van der Waals surface area (Å²) in [7, 11) is 0. The highest BCUT2D eigenvalue weighted by Crippen LogP contribution is 2.28. The van der Waals surface area contributed by atoms with Crippen LogP contribution in [0.4, 0.5) is 0 Å². The molecule has 4 nitrogen and oxygen atoms in total. The van der Waals surface area contributed by atoms with Crippen LogP contribution in [0.25, 0.3) is 0 Å². The minimum absolute atomic E-state index is 0.0119. The summed E-state index contributed by atoms with van der Waals surface area (Å²) >= 11 is 5.92. The number of nitrogens with one attached hydrogen (secondary N) is 1. The van der Waals surface area contributed by atoms with Crippen molar-refractivity contribution in [3.63, 3.8) is 0 Å². The third-order valence-electron chi connectivity index (χ3n) is 3.79. The molecule has 0 bridgehead atoms. The van der Waals surface area contributed by atoms with Gasteiger partial charge in [-0.2, -0.15) is 0 Å². The standard InChI is InChI=1S/C16H21ClN2O2/c1-11(2)15(12-3-5-13(17)6-4-12)16(21)19-9-7-14(20)18-8-10-19/h3-6,11,15H,7-10H2,1-2H3,(H,18,20). The summed E-state index contributed by atoms with van der Waals surface area (Å²) in [6.07, 6.45) is 0.372. The van der Waals surface area contributed by atoms with Crippen LogP contribution in [0.15, 0.2) is 24.3 Å². The first-order valence-corrected chi connectivity index (χ1v) is 7.68. The van der Waals surface area contributed by atoms with Crippen molar-refractivity contribution in [1.82, 2.24) is 10.2 Å². The van der Waals surface area contributed by atoms with Gasteiger partial charge in [-0.1, -0.05) is 37.6 Å². The SMILES string of the molecule is CC(C)C(C(=O)N1CCNC(=O)CC1)c1ccc(Cl)cc1. The lowest BCUT2D eigenvalue weighted by molar-refractivity contribution is -0.133. The molecule has 2 rings (SSSR count). The lowest BCUT2D eigenvalue weighted by atomic mass is 9.87. The van der Waals surface area contributed by atoms with Gasteiger partial charge in [-0.05, 0) is 23.6 Å². The maximum absolute atomic E-state index is 12.8. The van der Waals surface area contributed by atoms with Crippen LogP contribution in [0, 0.1) is 5.92 Å². The van der Waals surface area contributed by atoms with E-state index in [0.29, 0.717) is 31.1 Å². The van der Waals surface area contributed by atoms with Gasteiger partial charge in [-0.25, -0.2) is 0 Å². The van der Waals surface area contributed by atoms with Gasteiger partial charge < -0.3 is 10.2 Å². The number of carbonyl (C=O) groups excluding carboxylic acids is 2. The van der Waals surface area contributed by atoms with Crippen molar-refractivity contribution >= 4 is 23.4 Å². The normalized spacial score (nSPS) is 17.3. The van der Waals surface area contributed by atoms with Crippen molar-refractivity contribution in [2.24, 2.45) is 5.92 Å². The number of benzene rings is 1. The summed E-state index contributed by atoms with van der Waals surface area (Å²) in [5.74, 6) is 0.0859. The Morgan fingerprint density at radius 2 is 1.90 bits per heavy atom. The molecule has 0 spiro atoms. The topological polar surface area (TPSA) is 49.4 Å². The molecule has 21 heavy (non-hydrogen) atoms. The van der Waals surface area contributed by atoms with Crippen LogP contribution in [0.1, 0.15) is 31.7 Å². The first-order chi connectivity index (χ1) is 9.99. The maximum atomic E-state index is 12.8. The number of nitrogens with zero attached hydrogens (tertiary/aromatic N) is 1. The van der Waals surface area contributed by atoms with Gasteiger partial charge in [0.1, 0.15) is 0 Å². The minimum Gasteiger partial charge on any atom is -0.354 e. The van der Waals surface area contributed by atoms with Gasteiger partial charge in [0.05, 0.1) is 5.92 Å². The van der Waals surface area contributed by atoms with Crippen molar-refractivity contribution in [3.05, 3.63) is 34.9 Å². The van der Waals surface area contributed by atoms with Gasteiger partial charge >= 0.3 is 0 Å². The fraction of sp³-hybridized carbons (Fsp3) is 0.500. The lowest BCUT2D eigenvalue weighted by Gasteiger charge is -2.28. The van der Waals surface area contributed by atoms with Crippen LogP contribution in [0.3, 0.4) is 0 Å². The highest BCUT2D eigenvalue weighted by molar-refractivity contribution is 6.30. The predicted molar refractivity (Wildman–Crippen MR) is 83.2 cm³/mol. The largest absolute Gasteiger partial charge is 0.354 e. The number of hydrogen-bond acceptors (Lipinski definition) is 2. The van der Waals surface area contributed by atoms with Gasteiger partial charge in [-0.3, -0.25) is 9.59 Å². The quantitative estimate of drug-likeness (QED) is 0.932. The molecule has 1 aromatic rings. The van der Waals surface area contributed by atoms with Crippen molar-refractivity contribution in [2.75, 3.05) is 19.6 Å². The smallest absolute Gasteiger partial charge is 0.230 e. The number of rotatable bonds is 3. The molecule has 1 atom stereocenters. The summed E-state index contributed by atoms with van der Waals surface area (Å²) in [5.41, 5.74) is 0.975. The van der Waals surface area contributed by atoms with E-state index in [-0.39, 0.29) is 23.7 Å². The van der Waals surface area contributed by atoms with Crippen molar-refractivity contribution in [2.45, 2.75) is 26.2 Å². The Bertz CT molecular complexity index is 514. The third kappa shape index (κ3) is 3.97. The monoisotopic (exact) mass is 308 g/mol. The number of hydrogen-bond donors (Lipinski definition) is 1. The van der Waals surface area contributed by atoms with E-state index in [2.05, 4.69) is 5.32 Å². The molecule has 1 aromatic carbocycles. The zero-order valence-electron chi connectivity index (χ0n) is 12.4. The summed E-state index contributed by atoms with van der Waals surface area (Å²) in [6.45, 7) is 5.66. The molecule has 1 aliphatic rings. The van der Waals surface area contributed by atoms with Crippen LogP contribution >= 0.6 is 11.6 Å². The zero-order chi connectivity index (χ0) is 15.4. The number of carbonyl (C=O) groups is 2. The summed E-state index contributed by atoms with van der Waals surface area (Å²) in [4.78, 5) is 26.0. The molecule has 1 unspecified atom stereocenters. The van der Waals surface area contributed by atoms with Gasteiger partial charge in [-0.15, -0.1) is 0 Å². The average Bonchev–Trinajstić information content (AvgIpc) is 2.65. The van der Waals surface area contributed by atoms with Gasteiger partial charge in [0.15, 0.2) is 0 Å². The van der Waals surface area contributed by atoms with Crippen LogP contribution in [0.2, 0.25) is 5.02 Å². The number of halogens is 1. The number of amides is 2. The lowest BCUT2D eigenvalue weighted by Crippen LogP contribution is -2.39. The Kier molecular flexibility index (Phi) is 5.23. The van der Waals surface area contributed by atoms with E-state index < -0.39 is 0 Å². The van der Waals surface area contributed by atoms with E-state index in [9.17, 15) is 9.59 Å². The molecule has 0 saturated carbocycles. The maximum Gasteiger partial charge on any atom is 0.230 e. The summed E-state index contributed by atoms with van der Waals surface area (Å²) < 4.78 is 0. The molecule has 0 radical (unpaired) electrons. The highest BCUT2D eigenvalue weighted by atomic mass is 35.5. The Morgan fingerprint density at radius 1 is 1.24 bits per heavy atom. The average molecular weight is 309 g/mol. The molecule has 1 N–H and O–H groups in total. The van der Waals surface area contributed by atoms with Crippen LogP contribution < -0.4 is 5.32 Å². The third-order valence-corrected chi connectivity index (χ3v) is 4.04. The molecule has 0 aliphatic carbocycles. The molecule has 1 fully saturated rings. The summed E-state index contributed by atoms with van der Waals surface area (Å²) in [6, 6.07) is 7.44. The molecule has 0 aromatic heterocycles. The molecule has 1 heterocycles. The van der Waals surface area contributed by atoms with Crippen LogP contribution in [0.5, 0.6) is 0 Å². The van der Waals surface area contributed by atoms with Crippen molar-refractivity contribution in [3.8, 4) is 0 Å². The Balaban J connectivity index is 2.19. The van der Waals surface area contributed by atoms with Gasteiger partial charge in [0.25, 0.3) is 0 Å². The Labute approximate surface area is 130 Å². The minimum atomic E-state index is -0.199. The second-order valence-corrected chi connectivity index (χ2v) is 6.13. The molecule has 1 saturated heterocycles. The van der Waals surface area contributed by atoms with E-state index in [1.807, 2.05) is 38.1 Å². The highest BCUT2D eigenvalue weighted by Gasteiger charge is 2.29. The van der Waals surface area contributed by atoms with Crippen molar-refractivity contribution in [1.29, 1.82) is 0 Å². The fourth-order valence-corrected chi connectivity index (χ4v) is 2.79. The second-order valence-electron chi connectivity index (χ2n) is 5.70. The van der Waals surface area contributed by atoms with E-state index >= 15 is 0 Å². The van der Waals surface area contributed by atoms with Gasteiger partial charge in [0.2, 0.25) is 11.8 Å². The molecular weight excluding hydrogens is 288 g/mol. The van der Waals surface area contributed by atoms with Crippen LogP contribution in [-0.2, 0) is 9.59 Å². The molecule has 2 amide bonds. The van der Waals surface area contributed by atoms with Gasteiger partial charge in [0, 0.05) is 31.1 Å². The molecular formula is C16H21ClN2O2. The first kappa shape index (κ1) is 15.8. The van der Waals surface area contributed by atoms with E-state index in [0.717, 1.165) is 5.56 Å². The van der Waals surface area contributed by atoms with E-state index in [4.69, 9.17) is 11.6 Å². The van der Waals surface area contributed by atoms with Crippen molar-refractivity contribution < 1.29 is 9.59 Å². The van der Waals surface area contributed by atoms with Crippen LogP contribution in [-0.4, -0.2) is 36.3 Å². The van der Waals surface area contributed by atoms with E-state index in [1.165, 1.54) is 0 Å². The molecule has 1 aliphatic heterocycles. The molecule has 5 heteroatoms. The second kappa shape index (κ2) is 6.94. The predicted octanol–water partition coefficient (Wildman–Crippen LogP) is 2.43. The molecule has 114 valence electrons. The fourth-order valence-electron chi connectivity index (χ4n) is 2.67. The zero-order valence-corrected chi connectivity index (χ0v) is 13.2. The first-order valence-electron chi connectivity index (χ1n) is 7.30. The summed E-state index contributed by atoms with van der Waals surface area (Å²) in [5, 5.41) is 3.46. The Morgan fingerprint density at radius 3 is 2.52 bits per heavy atom. The Hall–Kier alpha value is -1.55. The van der Waals surface area contributed by atoms with E-state index in [1.54, 1.807) is 4.90 Å².